The Hall–Kier alpha value is -2.29. The van der Waals surface area contributed by atoms with Crippen LogP contribution in [0.15, 0.2) is 23.4 Å². The summed E-state index contributed by atoms with van der Waals surface area (Å²) < 4.78 is 70.3. The van der Waals surface area contributed by atoms with Gasteiger partial charge in [-0.25, -0.2) is 31.3 Å². The van der Waals surface area contributed by atoms with Gasteiger partial charge >= 0.3 is 0 Å². The number of hydrogen-bond donors (Lipinski definition) is 1. The Bertz CT molecular complexity index is 1360. The Morgan fingerprint density at radius 2 is 1.91 bits per heavy atom. The maximum Gasteiger partial charge on any atom is 0.291 e. The number of hydrogen-bond acceptors (Lipinski definition) is 8. The van der Waals surface area contributed by atoms with Gasteiger partial charge in [0.15, 0.2) is 15.8 Å². The molecule has 3 aromatic heterocycles. The van der Waals surface area contributed by atoms with Crippen LogP contribution < -0.4 is 9.62 Å². The molecule has 0 aromatic carbocycles. The fraction of sp³-hybridized carbons (Fsp3) is 0.571. The van der Waals surface area contributed by atoms with E-state index in [1.54, 1.807) is 16.7 Å². The minimum absolute atomic E-state index is 0.0396. The third kappa shape index (κ3) is 4.30. The average Bonchev–Trinajstić information content (AvgIpc) is 3.74. The maximum atomic E-state index is 13.5. The molecule has 35 heavy (non-hydrogen) atoms. The van der Waals surface area contributed by atoms with Crippen LogP contribution in [0.2, 0.25) is 0 Å². The lowest BCUT2D eigenvalue weighted by molar-refractivity contribution is 0.150. The quantitative estimate of drug-likeness (QED) is 0.481. The third-order valence-electron chi connectivity index (χ3n) is 6.90. The molecule has 6 rings (SSSR count). The van der Waals surface area contributed by atoms with Crippen molar-refractivity contribution in [2.75, 3.05) is 37.8 Å². The summed E-state index contributed by atoms with van der Waals surface area (Å²) in [5.74, 6) is 0.228. The lowest BCUT2D eigenvalue weighted by Crippen LogP contribution is -2.47. The lowest BCUT2D eigenvalue weighted by atomic mass is 10.2. The zero-order valence-electron chi connectivity index (χ0n) is 18.7. The van der Waals surface area contributed by atoms with E-state index in [0.29, 0.717) is 54.5 Å². The van der Waals surface area contributed by atoms with Gasteiger partial charge in [0.1, 0.15) is 11.6 Å². The highest BCUT2D eigenvalue weighted by Gasteiger charge is 2.46. The van der Waals surface area contributed by atoms with E-state index in [1.165, 1.54) is 19.0 Å². The summed E-state index contributed by atoms with van der Waals surface area (Å²) in [7, 11) is -4.05. The van der Waals surface area contributed by atoms with Crippen molar-refractivity contribution >= 4 is 32.6 Å². The Morgan fingerprint density at radius 1 is 1.17 bits per heavy atom. The second-order valence-corrected chi connectivity index (χ2v) is 12.1. The van der Waals surface area contributed by atoms with E-state index in [9.17, 15) is 21.6 Å². The first kappa shape index (κ1) is 23.1. The summed E-state index contributed by atoms with van der Waals surface area (Å²) in [5.41, 5.74) is 0.262. The first-order valence-electron chi connectivity index (χ1n) is 11.5. The van der Waals surface area contributed by atoms with Crippen LogP contribution in [0.25, 0.3) is 16.3 Å². The molecular weight excluding hydrogens is 503 g/mol. The number of alkyl halides is 3. The normalized spacial score (nSPS) is 20.7. The van der Waals surface area contributed by atoms with Crippen LogP contribution in [0.3, 0.4) is 0 Å². The van der Waals surface area contributed by atoms with E-state index < -0.39 is 33.7 Å². The van der Waals surface area contributed by atoms with Crippen molar-refractivity contribution < 1.29 is 21.6 Å². The van der Waals surface area contributed by atoms with Gasteiger partial charge in [-0.1, -0.05) is 11.3 Å². The number of nitrogens with zero attached hydrogens (tertiary/aromatic N) is 6. The van der Waals surface area contributed by atoms with Crippen LogP contribution in [-0.2, 0) is 10.0 Å². The number of rotatable bonds is 8. The summed E-state index contributed by atoms with van der Waals surface area (Å²) in [6.07, 6.45) is 3.54. The SMILES string of the molecule is O=S(=O)(NC1(CF)CC1)c1cc(N2CCN(C3CC3)CC2)c2cnc(-c3nnc(C(F)F)s3)n2c1. The average molecular weight is 528 g/mol. The Balaban J connectivity index is 1.43. The monoisotopic (exact) mass is 527 g/mol. The standard InChI is InChI=1S/C21H24F3N7O2S2/c22-12-21(3-4-21)28-35(32,33)14-9-15(30-7-5-29(6-8-30)13-1-2-13)16-10-25-18(31(16)11-14)20-27-26-19(34-20)17(23)24/h9-11,13,17,28H,1-8,12H2. The first-order valence-corrected chi connectivity index (χ1v) is 13.8. The van der Waals surface area contributed by atoms with Crippen molar-refractivity contribution in [2.24, 2.45) is 0 Å². The van der Waals surface area contributed by atoms with Crippen molar-refractivity contribution in [3.8, 4) is 10.8 Å². The molecule has 188 valence electrons. The van der Waals surface area contributed by atoms with E-state index in [1.807, 2.05) is 0 Å². The molecule has 0 amide bonds. The molecule has 2 saturated carbocycles. The van der Waals surface area contributed by atoms with Crippen LogP contribution >= 0.6 is 11.3 Å². The van der Waals surface area contributed by atoms with Crippen LogP contribution in [0.1, 0.15) is 37.1 Å². The molecule has 1 aliphatic heterocycles. The predicted octanol–water partition coefficient (Wildman–Crippen LogP) is 2.86. The number of imidazole rings is 1. The van der Waals surface area contributed by atoms with Gasteiger partial charge < -0.3 is 4.90 Å². The molecule has 0 unspecified atom stereocenters. The summed E-state index contributed by atoms with van der Waals surface area (Å²) in [6, 6.07) is 2.24. The molecule has 0 spiro atoms. The van der Waals surface area contributed by atoms with E-state index in [2.05, 4.69) is 29.7 Å². The van der Waals surface area contributed by atoms with Crippen molar-refractivity contribution in [1.29, 1.82) is 0 Å². The smallest absolute Gasteiger partial charge is 0.291 e. The molecule has 1 N–H and O–H groups in total. The second kappa shape index (κ2) is 8.39. The Morgan fingerprint density at radius 3 is 2.51 bits per heavy atom. The topological polar surface area (TPSA) is 95.7 Å². The number of pyridine rings is 1. The van der Waals surface area contributed by atoms with E-state index in [-0.39, 0.29) is 15.7 Å². The number of aromatic nitrogens is 4. The van der Waals surface area contributed by atoms with E-state index in [0.717, 1.165) is 13.1 Å². The minimum Gasteiger partial charge on any atom is -0.367 e. The van der Waals surface area contributed by atoms with Gasteiger partial charge in [-0.15, -0.1) is 10.2 Å². The lowest BCUT2D eigenvalue weighted by Gasteiger charge is -2.36. The van der Waals surface area contributed by atoms with Crippen LogP contribution in [0.5, 0.6) is 0 Å². The van der Waals surface area contributed by atoms with Gasteiger partial charge in [-0.05, 0) is 31.7 Å². The van der Waals surface area contributed by atoms with Gasteiger partial charge in [-0.2, -0.15) is 0 Å². The van der Waals surface area contributed by atoms with Crippen LogP contribution in [-0.4, -0.2) is 77.3 Å². The minimum atomic E-state index is -4.05. The number of nitrogens with one attached hydrogen (secondary N) is 1. The summed E-state index contributed by atoms with van der Waals surface area (Å²) in [4.78, 5) is 8.91. The first-order chi connectivity index (χ1) is 16.8. The highest BCUT2D eigenvalue weighted by Crippen LogP contribution is 2.39. The molecule has 3 aromatic rings. The molecular formula is C21H24F3N7O2S2. The van der Waals surface area contributed by atoms with E-state index in [4.69, 9.17) is 0 Å². The van der Waals surface area contributed by atoms with Crippen molar-refractivity contribution in [2.45, 2.75) is 48.6 Å². The molecule has 0 bridgehead atoms. The van der Waals surface area contributed by atoms with Gasteiger partial charge in [0.25, 0.3) is 6.43 Å². The van der Waals surface area contributed by atoms with Crippen molar-refractivity contribution in [3.63, 3.8) is 0 Å². The molecule has 0 atom stereocenters. The number of sulfonamides is 1. The fourth-order valence-corrected chi connectivity index (χ4v) is 6.70. The fourth-order valence-electron chi connectivity index (χ4n) is 4.55. The number of halogens is 3. The molecule has 2 aliphatic carbocycles. The molecule has 1 saturated heterocycles. The molecule has 9 nitrogen and oxygen atoms in total. The predicted molar refractivity (Wildman–Crippen MR) is 124 cm³/mol. The zero-order valence-corrected chi connectivity index (χ0v) is 20.3. The molecule has 0 radical (unpaired) electrons. The van der Waals surface area contributed by atoms with Gasteiger partial charge in [0.05, 0.1) is 22.9 Å². The van der Waals surface area contributed by atoms with Crippen LogP contribution in [0.4, 0.5) is 18.9 Å². The van der Waals surface area contributed by atoms with Crippen molar-refractivity contribution in [3.05, 3.63) is 23.5 Å². The highest BCUT2D eigenvalue weighted by atomic mass is 32.2. The summed E-state index contributed by atoms with van der Waals surface area (Å²) in [5, 5.41) is 7.12. The summed E-state index contributed by atoms with van der Waals surface area (Å²) >= 11 is 0.712. The highest BCUT2D eigenvalue weighted by molar-refractivity contribution is 7.89. The molecule has 3 aliphatic rings. The molecule has 4 heterocycles. The molecule has 14 heteroatoms. The zero-order chi connectivity index (χ0) is 24.4. The van der Waals surface area contributed by atoms with Gasteiger partial charge in [0.2, 0.25) is 10.0 Å². The Kier molecular flexibility index (Phi) is 5.54. The second-order valence-electron chi connectivity index (χ2n) is 9.42. The Labute approximate surface area is 204 Å². The summed E-state index contributed by atoms with van der Waals surface area (Å²) in [6.45, 7) is 2.39. The van der Waals surface area contributed by atoms with E-state index >= 15 is 0 Å². The van der Waals surface area contributed by atoms with Crippen molar-refractivity contribution in [1.82, 2.24) is 29.2 Å². The number of anilines is 1. The molecule has 3 fully saturated rings. The third-order valence-corrected chi connectivity index (χ3v) is 9.37. The van der Waals surface area contributed by atoms with Crippen LogP contribution in [0, 0.1) is 0 Å². The number of fused-ring (bicyclic) bond motifs is 1. The maximum absolute atomic E-state index is 13.5. The largest absolute Gasteiger partial charge is 0.367 e. The van der Waals surface area contributed by atoms with Gasteiger partial charge in [-0.3, -0.25) is 9.30 Å². The number of piperazine rings is 1. The van der Waals surface area contributed by atoms with Gasteiger partial charge in [0, 0.05) is 38.4 Å².